The van der Waals surface area contributed by atoms with Crippen molar-refractivity contribution in [2.45, 2.75) is 53.5 Å². The highest BCUT2D eigenvalue weighted by molar-refractivity contribution is 14.0. The minimum atomic E-state index is 0. The molecule has 0 aromatic carbocycles. The molecule has 2 rings (SSSR count). The van der Waals surface area contributed by atoms with E-state index in [0.29, 0.717) is 5.92 Å². The summed E-state index contributed by atoms with van der Waals surface area (Å²) in [6.45, 7) is 13.7. The van der Waals surface area contributed by atoms with Crippen LogP contribution in [0.15, 0.2) is 11.3 Å². The average Bonchev–Trinajstić information content (AvgIpc) is 2.99. The van der Waals surface area contributed by atoms with Crippen LogP contribution >= 0.6 is 24.0 Å². The van der Waals surface area contributed by atoms with Crippen LogP contribution in [0.4, 0.5) is 0 Å². The normalized spacial score (nSPS) is 16.4. The van der Waals surface area contributed by atoms with E-state index < -0.39 is 0 Å². The molecule has 1 aliphatic rings. The summed E-state index contributed by atoms with van der Waals surface area (Å²) in [5.74, 6) is 3.53. The van der Waals surface area contributed by atoms with Crippen molar-refractivity contribution < 1.29 is 0 Å². The van der Waals surface area contributed by atoms with Crippen LogP contribution in [0.1, 0.15) is 46.4 Å². The second-order valence-corrected chi connectivity index (χ2v) is 6.95. The summed E-state index contributed by atoms with van der Waals surface area (Å²) in [6.07, 6.45) is 5.24. The smallest absolute Gasteiger partial charge is 0.193 e. The van der Waals surface area contributed by atoms with Gasteiger partial charge in [-0.25, -0.2) is 0 Å². The van der Waals surface area contributed by atoms with E-state index in [1.165, 1.54) is 12.8 Å². The molecule has 6 nitrogen and oxygen atoms in total. The lowest BCUT2D eigenvalue weighted by Crippen LogP contribution is -2.46. The van der Waals surface area contributed by atoms with Crippen molar-refractivity contribution in [1.82, 2.24) is 25.0 Å². The summed E-state index contributed by atoms with van der Waals surface area (Å²) in [6, 6.07) is 0. The lowest BCUT2D eigenvalue weighted by atomic mass is 9.99. The molecule has 0 unspecified atom stereocenters. The SMILES string of the molecule is CCc1nncn1CCNC(=NCC(C)C)N1CCC(C)CC1.I. The Bertz CT molecular complexity index is 491. The van der Waals surface area contributed by atoms with E-state index in [-0.39, 0.29) is 24.0 Å². The van der Waals surface area contributed by atoms with E-state index >= 15 is 0 Å². The van der Waals surface area contributed by atoms with E-state index in [1.54, 1.807) is 0 Å². The molecule has 24 heavy (non-hydrogen) atoms. The summed E-state index contributed by atoms with van der Waals surface area (Å²) in [5.41, 5.74) is 0. The molecule has 0 aliphatic carbocycles. The minimum absolute atomic E-state index is 0. The van der Waals surface area contributed by atoms with Crippen molar-refractivity contribution in [1.29, 1.82) is 0 Å². The zero-order valence-corrected chi connectivity index (χ0v) is 17.9. The standard InChI is InChI=1S/C17H32N6.HI/c1-5-16-21-20-13-23(16)11-8-18-17(19-12-14(2)3)22-9-6-15(4)7-10-22;/h13-15H,5-12H2,1-4H3,(H,18,19);1H. The van der Waals surface area contributed by atoms with Crippen LogP contribution in [0.3, 0.4) is 0 Å². The van der Waals surface area contributed by atoms with Gasteiger partial charge in [-0.3, -0.25) is 4.99 Å². The van der Waals surface area contributed by atoms with Gasteiger partial charge in [0.1, 0.15) is 12.2 Å². The molecule has 1 saturated heterocycles. The fourth-order valence-electron chi connectivity index (χ4n) is 2.78. The summed E-state index contributed by atoms with van der Waals surface area (Å²) in [4.78, 5) is 7.24. The minimum Gasteiger partial charge on any atom is -0.354 e. The van der Waals surface area contributed by atoms with Gasteiger partial charge in [-0.1, -0.05) is 27.7 Å². The number of aliphatic imine (C=N–C) groups is 1. The number of guanidine groups is 1. The monoisotopic (exact) mass is 448 g/mol. The predicted molar refractivity (Wildman–Crippen MR) is 110 cm³/mol. The van der Waals surface area contributed by atoms with Gasteiger partial charge in [0.05, 0.1) is 0 Å². The Kier molecular flexibility index (Phi) is 9.61. The maximum atomic E-state index is 4.82. The van der Waals surface area contributed by atoms with Crippen molar-refractivity contribution in [3.05, 3.63) is 12.2 Å². The summed E-state index contributed by atoms with van der Waals surface area (Å²) < 4.78 is 2.12. The number of halogens is 1. The van der Waals surface area contributed by atoms with E-state index in [4.69, 9.17) is 4.99 Å². The molecule has 0 spiro atoms. The van der Waals surface area contributed by atoms with Gasteiger partial charge in [-0.15, -0.1) is 34.2 Å². The summed E-state index contributed by atoms with van der Waals surface area (Å²) >= 11 is 0. The quantitative estimate of drug-likeness (QED) is 0.413. The van der Waals surface area contributed by atoms with Gasteiger partial charge in [-0.2, -0.15) is 0 Å². The van der Waals surface area contributed by atoms with Gasteiger partial charge in [0.15, 0.2) is 5.96 Å². The van der Waals surface area contributed by atoms with E-state index in [2.05, 4.69) is 52.7 Å². The Labute approximate surface area is 163 Å². The molecule has 1 fully saturated rings. The number of aromatic nitrogens is 3. The molecule has 0 amide bonds. The molecule has 138 valence electrons. The number of nitrogens with zero attached hydrogens (tertiary/aromatic N) is 5. The second kappa shape index (κ2) is 10.9. The topological polar surface area (TPSA) is 58.3 Å². The van der Waals surface area contributed by atoms with Crippen LogP contribution in [0.5, 0.6) is 0 Å². The fraction of sp³-hybridized carbons (Fsp3) is 0.824. The van der Waals surface area contributed by atoms with Crippen LogP contribution < -0.4 is 5.32 Å². The summed E-state index contributed by atoms with van der Waals surface area (Å²) in [7, 11) is 0. The molecule has 0 saturated carbocycles. The highest BCUT2D eigenvalue weighted by Crippen LogP contribution is 2.16. The molecule has 7 heteroatoms. The fourth-order valence-corrected chi connectivity index (χ4v) is 2.78. The van der Waals surface area contributed by atoms with E-state index in [1.807, 2.05) is 6.33 Å². The van der Waals surface area contributed by atoms with Crippen LogP contribution in [0.2, 0.25) is 0 Å². The zero-order chi connectivity index (χ0) is 16.7. The van der Waals surface area contributed by atoms with Crippen molar-refractivity contribution in [2.24, 2.45) is 16.8 Å². The first-order valence-corrected chi connectivity index (χ1v) is 9.00. The zero-order valence-electron chi connectivity index (χ0n) is 15.5. The van der Waals surface area contributed by atoms with Crippen LogP contribution in [0, 0.1) is 11.8 Å². The Morgan fingerprint density at radius 3 is 2.71 bits per heavy atom. The lowest BCUT2D eigenvalue weighted by Gasteiger charge is -2.33. The van der Waals surface area contributed by atoms with Gasteiger partial charge >= 0.3 is 0 Å². The molecular formula is C17H33IN6. The lowest BCUT2D eigenvalue weighted by molar-refractivity contribution is 0.272. The Morgan fingerprint density at radius 1 is 1.38 bits per heavy atom. The number of hydrogen-bond donors (Lipinski definition) is 1. The molecule has 1 aromatic heterocycles. The summed E-state index contributed by atoms with van der Waals surface area (Å²) in [5, 5.41) is 11.7. The molecule has 0 bridgehead atoms. The maximum absolute atomic E-state index is 4.82. The van der Waals surface area contributed by atoms with Gasteiger partial charge in [-0.05, 0) is 24.7 Å². The number of aryl methyl sites for hydroxylation is 1. The number of rotatable bonds is 6. The predicted octanol–water partition coefficient (Wildman–Crippen LogP) is 2.79. The molecule has 1 aliphatic heterocycles. The molecule has 2 heterocycles. The third-order valence-corrected chi connectivity index (χ3v) is 4.34. The maximum Gasteiger partial charge on any atom is 0.193 e. The van der Waals surface area contributed by atoms with Crippen molar-refractivity contribution in [3.8, 4) is 0 Å². The Balaban J connectivity index is 0.00000288. The second-order valence-electron chi connectivity index (χ2n) is 6.95. The first-order chi connectivity index (χ1) is 11.1. The van der Waals surface area contributed by atoms with Gasteiger partial charge in [0.25, 0.3) is 0 Å². The molecule has 0 atom stereocenters. The molecule has 0 radical (unpaired) electrons. The first-order valence-electron chi connectivity index (χ1n) is 9.00. The highest BCUT2D eigenvalue weighted by Gasteiger charge is 2.18. The van der Waals surface area contributed by atoms with Gasteiger partial charge in [0.2, 0.25) is 0 Å². The van der Waals surface area contributed by atoms with E-state index in [0.717, 1.165) is 56.8 Å². The number of nitrogens with one attached hydrogen (secondary N) is 1. The molecule has 1 aromatic rings. The van der Waals surface area contributed by atoms with Crippen molar-refractivity contribution in [3.63, 3.8) is 0 Å². The van der Waals surface area contributed by atoms with E-state index in [9.17, 15) is 0 Å². The van der Waals surface area contributed by atoms with Crippen molar-refractivity contribution in [2.75, 3.05) is 26.2 Å². The third-order valence-electron chi connectivity index (χ3n) is 4.34. The number of hydrogen-bond acceptors (Lipinski definition) is 3. The number of likely N-dealkylation sites (tertiary alicyclic amines) is 1. The van der Waals surface area contributed by atoms with Gasteiger partial charge in [0, 0.05) is 39.1 Å². The van der Waals surface area contributed by atoms with Gasteiger partial charge < -0.3 is 14.8 Å². The Hall–Kier alpha value is -0.860. The highest BCUT2D eigenvalue weighted by atomic mass is 127. The molecular weight excluding hydrogens is 415 g/mol. The average molecular weight is 448 g/mol. The van der Waals surface area contributed by atoms with Crippen LogP contribution in [-0.4, -0.2) is 51.8 Å². The van der Waals surface area contributed by atoms with Crippen LogP contribution in [-0.2, 0) is 13.0 Å². The first kappa shape index (κ1) is 21.2. The van der Waals surface area contributed by atoms with Crippen LogP contribution in [0.25, 0.3) is 0 Å². The number of piperidine rings is 1. The van der Waals surface area contributed by atoms with Crippen molar-refractivity contribution >= 4 is 29.9 Å². The largest absolute Gasteiger partial charge is 0.354 e. The Morgan fingerprint density at radius 2 is 2.08 bits per heavy atom. The molecule has 1 N–H and O–H groups in total. The third kappa shape index (κ3) is 6.57.